The quantitative estimate of drug-likeness (QED) is 0.528. The average molecular weight is 290 g/mol. The van der Waals surface area contributed by atoms with Gasteiger partial charge in [-0.1, -0.05) is 0 Å². The maximum Gasteiger partial charge on any atom is 0.313 e. The molecule has 0 saturated carbocycles. The number of primary amides is 1. The van der Waals surface area contributed by atoms with Gasteiger partial charge in [-0.15, -0.1) is 0 Å². The lowest BCUT2D eigenvalue weighted by Gasteiger charge is -2.25. The van der Waals surface area contributed by atoms with E-state index in [1.165, 1.54) is 11.8 Å². The van der Waals surface area contributed by atoms with Crippen LogP contribution in [-0.2, 0) is 19.1 Å². The Labute approximate surface area is 115 Å². The van der Waals surface area contributed by atoms with Crippen LogP contribution in [0.4, 0.5) is 0 Å². The Morgan fingerprint density at radius 2 is 2.21 bits per heavy atom. The smallest absolute Gasteiger partial charge is 0.313 e. The lowest BCUT2D eigenvalue weighted by atomic mass is 9.85. The highest BCUT2D eigenvalue weighted by molar-refractivity contribution is 7.99. The number of hydrogen-bond acceptors (Lipinski definition) is 5. The van der Waals surface area contributed by atoms with E-state index in [1.54, 1.807) is 6.92 Å². The summed E-state index contributed by atoms with van der Waals surface area (Å²) in [5.74, 6) is -1.02. The molecule has 1 heterocycles. The molecule has 2 atom stereocenters. The van der Waals surface area contributed by atoms with Crippen LogP contribution in [0.5, 0.6) is 0 Å². The number of hydrogen-bond donors (Lipinski definition) is 3. The van der Waals surface area contributed by atoms with Crippen LogP contribution in [0, 0.1) is 5.41 Å². The van der Waals surface area contributed by atoms with Gasteiger partial charge in [-0.3, -0.25) is 14.4 Å². The maximum atomic E-state index is 11.7. The summed E-state index contributed by atoms with van der Waals surface area (Å²) < 4.78 is 5.13. The second-order valence-electron chi connectivity index (χ2n) is 4.63. The zero-order chi connectivity index (χ0) is 14.5. The molecule has 1 rings (SSSR count). The Morgan fingerprint density at radius 1 is 1.53 bits per heavy atom. The first-order valence-electron chi connectivity index (χ1n) is 5.83. The molecule has 0 aromatic carbocycles. The van der Waals surface area contributed by atoms with Gasteiger partial charge < -0.3 is 20.9 Å². The molecule has 108 valence electrons. The summed E-state index contributed by atoms with van der Waals surface area (Å²) in [5.41, 5.74) is 3.88. The first kappa shape index (κ1) is 15.8. The zero-order valence-corrected chi connectivity index (χ0v) is 11.5. The van der Waals surface area contributed by atoms with Gasteiger partial charge in [-0.25, -0.2) is 0 Å². The standard InChI is InChI=1S/C11H18N2O5S/c1-11(10(16)17)6-18-4-7(11)13-9(15)2-3-19-5-8(12)14/h7H,2-6H2,1H3,(H2,12,14)(H,13,15)(H,16,17). The summed E-state index contributed by atoms with van der Waals surface area (Å²) in [6.07, 6.45) is 0.212. The third kappa shape index (κ3) is 4.39. The van der Waals surface area contributed by atoms with Crippen molar-refractivity contribution in [2.24, 2.45) is 11.1 Å². The molecule has 0 aromatic rings. The summed E-state index contributed by atoms with van der Waals surface area (Å²) >= 11 is 1.27. The summed E-state index contributed by atoms with van der Waals surface area (Å²) in [4.78, 5) is 33.3. The van der Waals surface area contributed by atoms with Gasteiger partial charge in [0, 0.05) is 12.2 Å². The van der Waals surface area contributed by atoms with Gasteiger partial charge in [-0.2, -0.15) is 11.8 Å². The highest BCUT2D eigenvalue weighted by Gasteiger charge is 2.47. The molecule has 8 heteroatoms. The van der Waals surface area contributed by atoms with Gasteiger partial charge in [0.15, 0.2) is 0 Å². The Kier molecular flexibility index (Phi) is 5.61. The predicted molar refractivity (Wildman–Crippen MR) is 69.6 cm³/mol. The van der Waals surface area contributed by atoms with Crippen molar-refractivity contribution >= 4 is 29.5 Å². The average Bonchev–Trinajstić information content (AvgIpc) is 2.68. The van der Waals surface area contributed by atoms with Crippen LogP contribution in [0.25, 0.3) is 0 Å². The second-order valence-corrected chi connectivity index (χ2v) is 5.73. The molecule has 0 spiro atoms. The molecule has 4 N–H and O–H groups in total. The molecule has 1 aliphatic rings. The highest BCUT2D eigenvalue weighted by Crippen LogP contribution is 2.28. The van der Waals surface area contributed by atoms with E-state index in [0.717, 1.165) is 0 Å². The van der Waals surface area contributed by atoms with Crippen LogP contribution in [0.15, 0.2) is 0 Å². The third-order valence-electron chi connectivity index (χ3n) is 3.00. The molecule has 7 nitrogen and oxygen atoms in total. The molecule has 1 aliphatic heterocycles. The number of ether oxygens (including phenoxy) is 1. The van der Waals surface area contributed by atoms with E-state index < -0.39 is 23.3 Å². The minimum atomic E-state index is -1.09. The fourth-order valence-electron chi connectivity index (χ4n) is 1.69. The lowest BCUT2D eigenvalue weighted by molar-refractivity contribution is -0.149. The van der Waals surface area contributed by atoms with Gasteiger partial charge in [-0.05, 0) is 6.92 Å². The van der Waals surface area contributed by atoms with E-state index in [9.17, 15) is 14.4 Å². The molecule has 0 bridgehead atoms. The second kappa shape index (κ2) is 6.76. The van der Waals surface area contributed by atoms with Crippen molar-refractivity contribution in [3.05, 3.63) is 0 Å². The van der Waals surface area contributed by atoms with Gasteiger partial charge in [0.25, 0.3) is 0 Å². The minimum Gasteiger partial charge on any atom is -0.481 e. The number of thioether (sulfide) groups is 1. The molecule has 0 aliphatic carbocycles. The normalized spacial score (nSPS) is 26.1. The topological polar surface area (TPSA) is 119 Å². The molecule has 2 amide bonds. The monoisotopic (exact) mass is 290 g/mol. The molecule has 1 fully saturated rings. The zero-order valence-electron chi connectivity index (χ0n) is 10.7. The van der Waals surface area contributed by atoms with Crippen LogP contribution < -0.4 is 11.1 Å². The van der Waals surface area contributed by atoms with Crippen LogP contribution >= 0.6 is 11.8 Å². The van der Waals surface area contributed by atoms with Crippen molar-refractivity contribution in [2.75, 3.05) is 24.7 Å². The number of aliphatic carboxylic acids is 1. The molecule has 19 heavy (non-hydrogen) atoms. The van der Waals surface area contributed by atoms with E-state index in [2.05, 4.69) is 5.32 Å². The number of nitrogens with two attached hydrogens (primary N) is 1. The summed E-state index contributed by atoms with van der Waals surface area (Å²) in [5, 5.41) is 11.8. The molecular formula is C11H18N2O5S. The Morgan fingerprint density at radius 3 is 2.79 bits per heavy atom. The van der Waals surface area contributed by atoms with Crippen LogP contribution in [0.2, 0.25) is 0 Å². The van der Waals surface area contributed by atoms with E-state index >= 15 is 0 Å². The lowest BCUT2D eigenvalue weighted by Crippen LogP contribution is -2.49. The van der Waals surface area contributed by atoms with Crippen molar-refractivity contribution in [3.63, 3.8) is 0 Å². The van der Waals surface area contributed by atoms with Gasteiger partial charge in [0.05, 0.1) is 25.0 Å². The highest BCUT2D eigenvalue weighted by atomic mass is 32.2. The van der Waals surface area contributed by atoms with Crippen molar-refractivity contribution in [2.45, 2.75) is 19.4 Å². The Balaban J connectivity index is 2.36. The van der Waals surface area contributed by atoms with Crippen molar-refractivity contribution in [1.82, 2.24) is 5.32 Å². The fraction of sp³-hybridized carbons (Fsp3) is 0.727. The van der Waals surface area contributed by atoms with E-state index in [0.29, 0.717) is 5.75 Å². The van der Waals surface area contributed by atoms with Crippen molar-refractivity contribution in [1.29, 1.82) is 0 Å². The molecule has 0 radical (unpaired) electrons. The number of carboxylic acid groups (broad SMARTS) is 1. The van der Waals surface area contributed by atoms with E-state index in [1.807, 2.05) is 0 Å². The molecule has 2 unspecified atom stereocenters. The van der Waals surface area contributed by atoms with Crippen molar-refractivity contribution in [3.8, 4) is 0 Å². The minimum absolute atomic E-state index is 0.0870. The predicted octanol–water partition coefficient (Wildman–Crippen LogP) is -0.799. The Hall–Kier alpha value is -1.28. The van der Waals surface area contributed by atoms with E-state index in [-0.39, 0.29) is 31.3 Å². The summed E-state index contributed by atoms with van der Waals surface area (Å²) in [7, 11) is 0. The summed E-state index contributed by atoms with van der Waals surface area (Å²) in [6.45, 7) is 1.84. The van der Waals surface area contributed by atoms with Crippen LogP contribution in [-0.4, -0.2) is 53.7 Å². The summed E-state index contributed by atoms with van der Waals surface area (Å²) in [6, 6.07) is -0.529. The number of amides is 2. The van der Waals surface area contributed by atoms with Crippen LogP contribution in [0.3, 0.4) is 0 Å². The molecule has 0 aromatic heterocycles. The third-order valence-corrected chi connectivity index (χ3v) is 3.98. The van der Waals surface area contributed by atoms with Gasteiger partial charge in [0.2, 0.25) is 11.8 Å². The largest absolute Gasteiger partial charge is 0.481 e. The first-order chi connectivity index (χ1) is 8.86. The van der Waals surface area contributed by atoms with E-state index in [4.69, 9.17) is 15.6 Å². The number of carbonyl (C=O) groups excluding carboxylic acids is 2. The van der Waals surface area contributed by atoms with Crippen molar-refractivity contribution < 1.29 is 24.2 Å². The molecule has 1 saturated heterocycles. The number of nitrogens with one attached hydrogen (secondary N) is 1. The van der Waals surface area contributed by atoms with Gasteiger partial charge >= 0.3 is 5.97 Å². The molecular weight excluding hydrogens is 272 g/mol. The van der Waals surface area contributed by atoms with Crippen LogP contribution in [0.1, 0.15) is 13.3 Å². The Bertz CT molecular complexity index is 376. The number of rotatable bonds is 7. The number of carboxylic acids is 1. The number of carbonyl (C=O) groups is 3. The first-order valence-corrected chi connectivity index (χ1v) is 6.98. The fourth-order valence-corrected chi connectivity index (χ4v) is 2.36. The maximum absolute atomic E-state index is 11.7. The SMILES string of the molecule is CC1(C(=O)O)COCC1NC(=O)CCSCC(N)=O. The van der Waals surface area contributed by atoms with Gasteiger partial charge in [0.1, 0.15) is 5.41 Å².